The van der Waals surface area contributed by atoms with E-state index in [1.54, 1.807) is 0 Å². The smallest absolute Gasteiger partial charge is 0.321 e. The van der Waals surface area contributed by atoms with E-state index in [-0.39, 0.29) is 17.4 Å². The fraction of sp³-hybridized carbons (Fsp3) is 0.524. The number of aliphatic imine (C=N–C) groups is 1. The molecule has 0 aromatic rings. The average molecular weight is 350 g/mol. The second-order valence-electron chi connectivity index (χ2n) is 8.66. The van der Waals surface area contributed by atoms with Crippen molar-refractivity contribution in [3.8, 4) is 0 Å². The highest BCUT2D eigenvalue weighted by molar-refractivity contribution is 5.95. The summed E-state index contributed by atoms with van der Waals surface area (Å²) in [6.45, 7) is 2.71. The molecule has 3 fully saturated rings. The van der Waals surface area contributed by atoms with Gasteiger partial charge in [-0.15, -0.1) is 0 Å². The van der Waals surface area contributed by atoms with Crippen LogP contribution in [0.2, 0.25) is 0 Å². The highest BCUT2D eigenvalue weighted by Crippen LogP contribution is 2.81. The summed E-state index contributed by atoms with van der Waals surface area (Å²) < 4.78 is 0. The molecule has 5 rings (SSSR count). The Morgan fingerprint density at radius 3 is 3.00 bits per heavy atom. The highest BCUT2D eigenvalue weighted by atomic mass is 16.2. The number of carbonyl (C=O) groups excluding carboxylic acids is 1. The van der Waals surface area contributed by atoms with Crippen LogP contribution in [-0.2, 0) is 0 Å². The summed E-state index contributed by atoms with van der Waals surface area (Å²) in [7, 11) is 0. The Balaban J connectivity index is 1.18. The predicted octanol–water partition coefficient (Wildman–Crippen LogP) is 2.79. The van der Waals surface area contributed by atoms with Crippen LogP contribution in [0.4, 0.5) is 4.79 Å². The molecule has 0 saturated heterocycles. The summed E-state index contributed by atoms with van der Waals surface area (Å²) in [5, 5.41) is 5.80. The number of nitrogens with two attached hydrogens (primary N) is 1. The zero-order valence-electron chi connectivity index (χ0n) is 15.2. The van der Waals surface area contributed by atoms with Crippen LogP contribution in [0.25, 0.3) is 0 Å². The van der Waals surface area contributed by atoms with Gasteiger partial charge in [-0.25, -0.2) is 9.79 Å². The molecule has 0 aromatic carbocycles. The lowest BCUT2D eigenvalue weighted by atomic mass is 9.71. The molecule has 0 heterocycles. The number of fused-ring (bicyclic) bond motifs is 1. The Morgan fingerprint density at radius 1 is 1.35 bits per heavy atom. The molecular formula is C21H26N4O. The van der Waals surface area contributed by atoms with E-state index in [0.29, 0.717) is 23.9 Å². The maximum Gasteiger partial charge on any atom is 0.321 e. The van der Waals surface area contributed by atoms with Crippen molar-refractivity contribution in [1.29, 1.82) is 0 Å². The van der Waals surface area contributed by atoms with Gasteiger partial charge in [0.25, 0.3) is 0 Å². The number of rotatable bonds is 3. The lowest BCUT2D eigenvalue weighted by Gasteiger charge is -2.33. The van der Waals surface area contributed by atoms with E-state index < -0.39 is 0 Å². The minimum atomic E-state index is -0.215. The van der Waals surface area contributed by atoms with Crippen LogP contribution < -0.4 is 16.4 Å². The number of hydrogen-bond donors (Lipinski definition) is 3. The first-order valence-electron chi connectivity index (χ1n) is 9.66. The Bertz CT molecular complexity index is 820. The summed E-state index contributed by atoms with van der Waals surface area (Å²) in [6, 6.07) is 0.146. The second-order valence-corrected chi connectivity index (χ2v) is 8.66. The van der Waals surface area contributed by atoms with Crippen LogP contribution in [-0.4, -0.2) is 24.6 Å². The lowest BCUT2D eigenvalue weighted by Crippen LogP contribution is -2.45. The van der Waals surface area contributed by atoms with E-state index in [4.69, 9.17) is 5.73 Å². The zero-order chi connectivity index (χ0) is 17.9. The van der Waals surface area contributed by atoms with Gasteiger partial charge >= 0.3 is 6.03 Å². The van der Waals surface area contributed by atoms with Crippen LogP contribution in [0, 0.1) is 22.7 Å². The van der Waals surface area contributed by atoms with Crippen molar-refractivity contribution in [1.82, 2.24) is 10.6 Å². The molecule has 136 valence electrons. The third kappa shape index (κ3) is 2.29. The van der Waals surface area contributed by atoms with Gasteiger partial charge < -0.3 is 11.1 Å². The molecule has 5 aliphatic rings. The van der Waals surface area contributed by atoms with Crippen molar-refractivity contribution in [3.05, 3.63) is 47.6 Å². The normalized spacial score (nSPS) is 41.4. The van der Waals surface area contributed by atoms with E-state index in [2.05, 4.69) is 59.0 Å². The van der Waals surface area contributed by atoms with E-state index in [9.17, 15) is 4.79 Å². The summed E-state index contributed by atoms with van der Waals surface area (Å²) in [5.74, 6) is 1.75. The summed E-state index contributed by atoms with van der Waals surface area (Å²) >= 11 is 0. The fourth-order valence-corrected chi connectivity index (χ4v) is 5.68. The van der Waals surface area contributed by atoms with Crippen molar-refractivity contribution in [2.24, 2.45) is 33.4 Å². The van der Waals surface area contributed by atoms with Gasteiger partial charge in [-0.2, -0.15) is 0 Å². The molecular weight excluding hydrogens is 324 g/mol. The Labute approximate surface area is 154 Å². The largest absolute Gasteiger partial charge is 0.370 e. The molecule has 3 saturated carbocycles. The SMILES string of the molecule is CC12C=CC=C(CN=C(N)NC(=O)N[C@@H]3[C@H]4CC[C@@H]5CC543)C1=CC=CC2. The molecule has 5 aliphatic carbocycles. The van der Waals surface area contributed by atoms with Crippen LogP contribution >= 0.6 is 0 Å². The number of amides is 2. The van der Waals surface area contributed by atoms with Crippen LogP contribution in [0.1, 0.15) is 32.6 Å². The number of guanidine groups is 1. The van der Waals surface area contributed by atoms with Gasteiger partial charge in [-0.3, -0.25) is 5.32 Å². The Kier molecular flexibility index (Phi) is 3.27. The van der Waals surface area contributed by atoms with E-state index in [1.165, 1.54) is 24.8 Å². The Hall–Kier alpha value is -2.30. The molecule has 2 unspecified atom stereocenters. The van der Waals surface area contributed by atoms with Crippen LogP contribution in [0.5, 0.6) is 0 Å². The molecule has 1 spiro atoms. The topological polar surface area (TPSA) is 79.5 Å². The molecule has 0 radical (unpaired) electrons. The number of hydrogen-bond acceptors (Lipinski definition) is 2. The molecule has 5 heteroatoms. The van der Waals surface area contributed by atoms with Gasteiger partial charge in [-0.1, -0.05) is 43.4 Å². The fourth-order valence-electron chi connectivity index (χ4n) is 5.68. The number of urea groups is 1. The first-order valence-corrected chi connectivity index (χ1v) is 9.66. The van der Waals surface area contributed by atoms with Gasteiger partial charge in [0.1, 0.15) is 0 Å². The van der Waals surface area contributed by atoms with Gasteiger partial charge in [0.2, 0.25) is 0 Å². The van der Waals surface area contributed by atoms with Crippen LogP contribution in [0.3, 0.4) is 0 Å². The molecule has 4 N–H and O–H groups in total. The number of allylic oxidation sites excluding steroid dienone is 6. The van der Waals surface area contributed by atoms with E-state index in [1.807, 2.05) is 0 Å². The first kappa shape index (κ1) is 15.9. The molecule has 0 aliphatic heterocycles. The molecule has 2 amide bonds. The maximum atomic E-state index is 12.2. The number of nitrogens with zero attached hydrogens (tertiary/aromatic N) is 1. The van der Waals surface area contributed by atoms with Crippen molar-refractivity contribution < 1.29 is 4.79 Å². The van der Waals surface area contributed by atoms with Gasteiger partial charge in [-0.05, 0) is 54.1 Å². The summed E-state index contributed by atoms with van der Waals surface area (Å²) in [6.07, 6.45) is 17.8. The maximum absolute atomic E-state index is 12.2. The van der Waals surface area contributed by atoms with E-state index >= 15 is 0 Å². The molecule has 5 atom stereocenters. The minimum absolute atomic E-state index is 0.0395. The highest BCUT2D eigenvalue weighted by Gasteiger charge is 2.81. The number of carbonyl (C=O) groups is 1. The van der Waals surface area contributed by atoms with E-state index in [0.717, 1.165) is 17.9 Å². The zero-order valence-corrected chi connectivity index (χ0v) is 15.2. The summed E-state index contributed by atoms with van der Waals surface area (Å²) in [5.41, 5.74) is 8.89. The predicted molar refractivity (Wildman–Crippen MR) is 102 cm³/mol. The molecule has 0 bridgehead atoms. The molecule has 0 aromatic heterocycles. The standard InChI is InChI=1S/C21H26N4O/c1-20-9-3-2-6-15(20)13(5-4-10-20)12-23-18(22)25-19(26)24-17-16-8-7-14-11-21(14,16)17/h2-6,10,14,16-17H,7-9,11-12H2,1H3,(H4,22,23,24,25,26)/t14-,16-,17-,20?,21?/m1/s1. The number of nitrogens with one attached hydrogen (secondary N) is 2. The Morgan fingerprint density at radius 2 is 2.23 bits per heavy atom. The van der Waals surface area contributed by atoms with Gasteiger partial charge in [0.15, 0.2) is 5.96 Å². The summed E-state index contributed by atoms with van der Waals surface area (Å²) in [4.78, 5) is 16.6. The first-order chi connectivity index (χ1) is 12.5. The minimum Gasteiger partial charge on any atom is -0.370 e. The van der Waals surface area contributed by atoms with Crippen molar-refractivity contribution >= 4 is 12.0 Å². The van der Waals surface area contributed by atoms with Gasteiger partial charge in [0, 0.05) is 11.5 Å². The van der Waals surface area contributed by atoms with Gasteiger partial charge in [0.05, 0.1) is 6.54 Å². The average Bonchev–Trinajstić information content (AvgIpc) is 3.45. The van der Waals surface area contributed by atoms with Crippen LogP contribution in [0.15, 0.2) is 52.6 Å². The quantitative estimate of drug-likeness (QED) is 0.540. The molecule has 26 heavy (non-hydrogen) atoms. The second kappa shape index (κ2) is 5.35. The van der Waals surface area contributed by atoms with Crippen molar-refractivity contribution in [3.63, 3.8) is 0 Å². The van der Waals surface area contributed by atoms with Crippen molar-refractivity contribution in [2.45, 2.75) is 38.6 Å². The van der Waals surface area contributed by atoms with Crippen molar-refractivity contribution in [2.75, 3.05) is 6.54 Å². The lowest BCUT2D eigenvalue weighted by molar-refractivity contribution is 0.243. The third-order valence-corrected chi connectivity index (χ3v) is 7.20. The molecule has 5 nitrogen and oxygen atoms in total. The monoisotopic (exact) mass is 350 g/mol. The third-order valence-electron chi connectivity index (χ3n) is 7.20.